The average molecular weight is 295 g/mol. The van der Waals surface area contributed by atoms with Crippen molar-refractivity contribution in [1.29, 1.82) is 0 Å². The summed E-state index contributed by atoms with van der Waals surface area (Å²) >= 11 is 6.06. The lowest BCUT2D eigenvalue weighted by Gasteiger charge is -2.26. The summed E-state index contributed by atoms with van der Waals surface area (Å²) < 4.78 is 37.6. The van der Waals surface area contributed by atoms with Gasteiger partial charge in [-0.15, -0.1) is 0 Å². The van der Waals surface area contributed by atoms with Gasteiger partial charge in [-0.3, -0.25) is 0 Å². The van der Waals surface area contributed by atoms with Crippen molar-refractivity contribution in [2.45, 2.75) is 25.9 Å². The smallest absolute Gasteiger partial charge is 0.363 e. The Morgan fingerprint density at radius 2 is 2.00 bits per heavy atom. The lowest BCUT2D eigenvalue weighted by Crippen LogP contribution is -2.34. The molecule has 6 heteroatoms. The van der Waals surface area contributed by atoms with Crippen molar-refractivity contribution in [1.82, 2.24) is 0 Å². The van der Waals surface area contributed by atoms with E-state index in [1.807, 2.05) is 6.92 Å². The Morgan fingerprint density at radius 1 is 1.32 bits per heavy atom. The van der Waals surface area contributed by atoms with E-state index in [1.54, 1.807) is 18.2 Å². The Kier molecular flexibility index (Phi) is 5.94. The predicted molar refractivity (Wildman–Crippen MR) is 72.8 cm³/mol. The summed E-state index contributed by atoms with van der Waals surface area (Å²) in [7, 11) is 0. The van der Waals surface area contributed by atoms with E-state index in [0.29, 0.717) is 36.6 Å². The molecule has 0 spiro atoms. The number of nitrogens with zero attached hydrogens (tertiary/aromatic N) is 1. The number of halogens is 4. The molecule has 0 bridgehead atoms. The summed E-state index contributed by atoms with van der Waals surface area (Å²) in [5.41, 5.74) is 6.79. The number of benzene rings is 1. The first-order valence-electron chi connectivity index (χ1n) is 6.17. The van der Waals surface area contributed by atoms with Crippen LogP contribution in [0.5, 0.6) is 0 Å². The second kappa shape index (κ2) is 7.01. The molecule has 0 amide bonds. The highest BCUT2D eigenvalue weighted by Crippen LogP contribution is 2.27. The zero-order valence-electron chi connectivity index (χ0n) is 10.8. The maximum Gasteiger partial charge on any atom is 0.405 e. The molecule has 0 aliphatic rings. The lowest BCUT2D eigenvalue weighted by atomic mass is 10.1. The van der Waals surface area contributed by atoms with Crippen LogP contribution in [0.4, 0.5) is 18.9 Å². The number of alkyl halides is 3. The molecule has 1 rings (SSSR count). The SMILES string of the molecule is CCCN(CC(F)(F)F)c1ccc(CCN)c(Cl)c1. The van der Waals surface area contributed by atoms with Crippen molar-refractivity contribution in [2.24, 2.45) is 5.73 Å². The van der Waals surface area contributed by atoms with Crippen LogP contribution in [0, 0.1) is 0 Å². The van der Waals surface area contributed by atoms with Gasteiger partial charge in [0.05, 0.1) is 0 Å². The number of nitrogens with two attached hydrogens (primary N) is 1. The van der Waals surface area contributed by atoms with Gasteiger partial charge < -0.3 is 10.6 Å². The summed E-state index contributed by atoms with van der Waals surface area (Å²) in [6, 6.07) is 4.98. The van der Waals surface area contributed by atoms with E-state index in [0.717, 1.165) is 5.56 Å². The van der Waals surface area contributed by atoms with Crippen molar-refractivity contribution in [3.8, 4) is 0 Å². The third kappa shape index (κ3) is 5.28. The van der Waals surface area contributed by atoms with Crippen molar-refractivity contribution in [3.05, 3.63) is 28.8 Å². The van der Waals surface area contributed by atoms with Crippen LogP contribution >= 0.6 is 11.6 Å². The molecular weight excluding hydrogens is 277 g/mol. The van der Waals surface area contributed by atoms with E-state index < -0.39 is 12.7 Å². The molecule has 0 saturated heterocycles. The molecule has 0 saturated carbocycles. The van der Waals surface area contributed by atoms with Crippen molar-refractivity contribution >= 4 is 17.3 Å². The van der Waals surface area contributed by atoms with Gasteiger partial charge >= 0.3 is 6.18 Å². The van der Waals surface area contributed by atoms with Gasteiger partial charge in [0.25, 0.3) is 0 Å². The highest BCUT2D eigenvalue weighted by Gasteiger charge is 2.30. The molecule has 0 aliphatic carbocycles. The van der Waals surface area contributed by atoms with Crippen LogP contribution in [-0.2, 0) is 6.42 Å². The molecule has 1 aromatic carbocycles. The highest BCUT2D eigenvalue weighted by molar-refractivity contribution is 6.31. The molecule has 19 heavy (non-hydrogen) atoms. The van der Waals surface area contributed by atoms with Crippen molar-refractivity contribution in [2.75, 3.05) is 24.5 Å². The van der Waals surface area contributed by atoms with E-state index in [4.69, 9.17) is 17.3 Å². The van der Waals surface area contributed by atoms with E-state index >= 15 is 0 Å². The first-order chi connectivity index (χ1) is 8.87. The van der Waals surface area contributed by atoms with E-state index in [9.17, 15) is 13.2 Å². The number of anilines is 1. The summed E-state index contributed by atoms with van der Waals surface area (Å²) in [6.07, 6.45) is -2.97. The van der Waals surface area contributed by atoms with Crippen LogP contribution in [0.1, 0.15) is 18.9 Å². The number of rotatable bonds is 6. The largest absolute Gasteiger partial charge is 0.405 e. The van der Waals surface area contributed by atoms with Gasteiger partial charge in [-0.05, 0) is 37.1 Å². The maximum atomic E-state index is 12.5. The summed E-state index contributed by atoms with van der Waals surface area (Å²) in [5.74, 6) is 0. The van der Waals surface area contributed by atoms with Gasteiger partial charge in [0.15, 0.2) is 0 Å². The van der Waals surface area contributed by atoms with E-state index in [2.05, 4.69) is 0 Å². The predicted octanol–water partition coefficient (Wildman–Crippen LogP) is 3.62. The minimum absolute atomic E-state index is 0.339. The van der Waals surface area contributed by atoms with Gasteiger partial charge in [0.2, 0.25) is 0 Å². The van der Waals surface area contributed by atoms with Crippen LogP contribution in [0.3, 0.4) is 0 Å². The minimum Gasteiger partial charge on any atom is -0.363 e. The van der Waals surface area contributed by atoms with Crippen molar-refractivity contribution in [3.63, 3.8) is 0 Å². The van der Waals surface area contributed by atoms with Crippen LogP contribution in [0.15, 0.2) is 18.2 Å². The second-order valence-electron chi connectivity index (χ2n) is 4.35. The molecule has 108 valence electrons. The molecular formula is C13H18ClF3N2. The third-order valence-electron chi connectivity index (χ3n) is 2.68. The molecule has 1 aromatic rings. The van der Waals surface area contributed by atoms with Gasteiger partial charge in [0.1, 0.15) is 6.54 Å². The minimum atomic E-state index is -4.22. The first kappa shape index (κ1) is 16.1. The molecule has 2 nitrogen and oxygen atoms in total. The van der Waals surface area contributed by atoms with Crippen LogP contribution in [-0.4, -0.2) is 25.8 Å². The lowest BCUT2D eigenvalue weighted by molar-refractivity contribution is -0.119. The van der Waals surface area contributed by atoms with Crippen LogP contribution in [0.25, 0.3) is 0 Å². The van der Waals surface area contributed by atoms with E-state index in [1.165, 1.54) is 4.90 Å². The topological polar surface area (TPSA) is 29.3 Å². The highest BCUT2D eigenvalue weighted by atomic mass is 35.5. The fourth-order valence-electron chi connectivity index (χ4n) is 1.88. The average Bonchev–Trinajstić information content (AvgIpc) is 2.30. The van der Waals surface area contributed by atoms with Crippen molar-refractivity contribution < 1.29 is 13.2 Å². The molecule has 0 aromatic heterocycles. The van der Waals surface area contributed by atoms with Crippen LogP contribution in [0.2, 0.25) is 5.02 Å². The molecule has 2 N–H and O–H groups in total. The Morgan fingerprint density at radius 3 is 2.47 bits per heavy atom. The number of hydrogen-bond acceptors (Lipinski definition) is 2. The molecule has 0 heterocycles. The van der Waals surface area contributed by atoms with Gasteiger partial charge in [-0.1, -0.05) is 24.6 Å². The first-order valence-corrected chi connectivity index (χ1v) is 6.55. The molecule has 0 atom stereocenters. The zero-order valence-corrected chi connectivity index (χ0v) is 11.6. The second-order valence-corrected chi connectivity index (χ2v) is 4.76. The Labute approximate surface area is 116 Å². The Bertz CT molecular complexity index is 407. The fourth-order valence-corrected chi connectivity index (χ4v) is 2.15. The molecule has 0 fully saturated rings. The summed E-state index contributed by atoms with van der Waals surface area (Å²) in [6.45, 7) is 1.67. The van der Waals surface area contributed by atoms with E-state index in [-0.39, 0.29) is 0 Å². The third-order valence-corrected chi connectivity index (χ3v) is 3.03. The Balaban J connectivity index is 2.93. The molecule has 0 unspecified atom stereocenters. The standard InChI is InChI=1S/C13H18ClF3N2/c1-2-7-19(9-13(15,16)17)11-4-3-10(5-6-18)12(14)8-11/h3-4,8H,2,5-7,9,18H2,1H3. The Hall–Kier alpha value is -0.940. The molecule has 0 aliphatic heterocycles. The fraction of sp³-hybridized carbons (Fsp3) is 0.538. The summed E-state index contributed by atoms with van der Waals surface area (Å²) in [5, 5.41) is 0.464. The zero-order chi connectivity index (χ0) is 14.5. The normalized spacial score (nSPS) is 11.7. The van der Waals surface area contributed by atoms with Crippen LogP contribution < -0.4 is 10.6 Å². The van der Waals surface area contributed by atoms with Gasteiger partial charge in [-0.2, -0.15) is 13.2 Å². The van der Waals surface area contributed by atoms with Gasteiger partial charge in [0, 0.05) is 17.3 Å². The number of hydrogen-bond donors (Lipinski definition) is 1. The monoisotopic (exact) mass is 294 g/mol. The molecule has 0 radical (unpaired) electrons. The maximum absolute atomic E-state index is 12.5. The summed E-state index contributed by atoms with van der Waals surface area (Å²) in [4.78, 5) is 1.29. The van der Waals surface area contributed by atoms with Gasteiger partial charge in [-0.25, -0.2) is 0 Å². The quantitative estimate of drug-likeness (QED) is 0.868.